The molecule has 1 amide bonds. The van der Waals surface area contributed by atoms with Crippen molar-refractivity contribution in [3.63, 3.8) is 0 Å². The predicted molar refractivity (Wildman–Crippen MR) is 114 cm³/mol. The molecule has 2 saturated heterocycles. The van der Waals surface area contributed by atoms with Crippen molar-refractivity contribution >= 4 is 11.6 Å². The summed E-state index contributed by atoms with van der Waals surface area (Å²) in [5.41, 5.74) is 2.29. The first-order valence-electron chi connectivity index (χ1n) is 10.9. The Morgan fingerprint density at radius 2 is 1.56 bits per heavy atom. The van der Waals surface area contributed by atoms with Crippen molar-refractivity contribution in [1.82, 2.24) is 9.91 Å². The van der Waals surface area contributed by atoms with Crippen molar-refractivity contribution < 1.29 is 23.0 Å². The number of hydrazone groups is 1. The highest BCUT2D eigenvalue weighted by Crippen LogP contribution is 2.34. The van der Waals surface area contributed by atoms with E-state index in [4.69, 9.17) is 9.47 Å². The van der Waals surface area contributed by atoms with E-state index in [1.807, 2.05) is 0 Å². The molecule has 1 spiro atoms. The first-order valence-corrected chi connectivity index (χ1v) is 10.9. The van der Waals surface area contributed by atoms with Crippen LogP contribution in [0.15, 0.2) is 53.6 Å². The van der Waals surface area contributed by atoms with Crippen LogP contribution >= 0.6 is 0 Å². The molecule has 8 heteroatoms. The van der Waals surface area contributed by atoms with Crippen LogP contribution in [-0.4, -0.2) is 60.2 Å². The van der Waals surface area contributed by atoms with Crippen LogP contribution in [0.4, 0.5) is 8.78 Å². The molecule has 32 heavy (non-hydrogen) atoms. The summed E-state index contributed by atoms with van der Waals surface area (Å²) in [4.78, 5) is 15.4. The van der Waals surface area contributed by atoms with Crippen molar-refractivity contribution in [2.24, 2.45) is 5.10 Å². The Labute approximate surface area is 185 Å². The van der Waals surface area contributed by atoms with Gasteiger partial charge in [-0.1, -0.05) is 24.3 Å². The van der Waals surface area contributed by atoms with Gasteiger partial charge in [0.15, 0.2) is 5.79 Å². The number of ether oxygens (including phenoxy) is 2. The summed E-state index contributed by atoms with van der Waals surface area (Å²) in [6.45, 7) is 2.87. The second-order valence-corrected chi connectivity index (χ2v) is 8.45. The molecule has 3 aliphatic heterocycles. The van der Waals surface area contributed by atoms with Crippen LogP contribution in [0.2, 0.25) is 0 Å². The van der Waals surface area contributed by atoms with E-state index in [0.29, 0.717) is 38.4 Å². The average molecular weight is 441 g/mol. The molecule has 0 unspecified atom stereocenters. The van der Waals surface area contributed by atoms with Crippen LogP contribution < -0.4 is 0 Å². The Balaban J connectivity index is 1.33. The molecule has 2 aromatic carbocycles. The summed E-state index contributed by atoms with van der Waals surface area (Å²) in [6, 6.07) is 11.9. The van der Waals surface area contributed by atoms with Gasteiger partial charge in [-0.3, -0.25) is 9.69 Å². The fourth-order valence-electron chi connectivity index (χ4n) is 4.60. The van der Waals surface area contributed by atoms with Gasteiger partial charge in [-0.15, -0.1) is 0 Å². The topological polar surface area (TPSA) is 54.4 Å². The third-order valence-corrected chi connectivity index (χ3v) is 6.39. The van der Waals surface area contributed by atoms with E-state index < -0.39 is 5.79 Å². The summed E-state index contributed by atoms with van der Waals surface area (Å²) < 4.78 is 38.4. The lowest BCUT2D eigenvalue weighted by molar-refractivity contribution is -0.186. The van der Waals surface area contributed by atoms with Crippen molar-refractivity contribution in [2.75, 3.05) is 32.8 Å². The van der Waals surface area contributed by atoms with Crippen LogP contribution in [0.1, 0.15) is 36.4 Å². The van der Waals surface area contributed by atoms with Gasteiger partial charge >= 0.3 is 0 Å². The van der Waals surface area contributed by atoms with Gasteiger partial charge in [0.2, 0.25) is 0 Å². The molecule has 5 rings (SSSR count). The summed E-state index contributed by atoms with van der Waals surface area (Å²) in [5, 5.41) is 6.11. The summed E-state index contributed by atoms with van der Waals surface area (Å²) in [6.07, 6.45) is 1.94. The van der Waals surface area contributed by atoms with Gasteiger partial charge in [-0.2, -0.15) is 5.10 Å². The Bertz CT molecular complexity index is 994. The van der Waals surface area contributed by atoms with Crippen LogP contribution in [-0.2, 0) is 14.3 Å². The molecule has 2 fully saturated rings. The number of benzene rings is 2. The van der Waals surface area contributed by atoms with E-state index >= 15 is 0 Å². The first kappa shape index (κ1) is 21.2. The van der Waals surface area contributed by atoms with Crippen LogP contribution in [0, 0.1) is 11.6 Å². The molecule has 1 atom stereocenters. The molecule has 0 radical (unpaired) electrons. The lowest BCUT2D eigenvalue weighted by atomic mass is 9.98. The maximum atomic E-state index is 13.5. The molecule has 0 saturated carbocycles. The summed E-state index contributed by atoms with van der Waals surface area (Å²) >= 11 is 0. The van der Waals surface area contributed by atoms with Crippen molar-refractivity contribution in [3.8, 4) is 0 Å². The first-order chi connectivity index (χ1) is 15.5. The predicted octanol–water partition coefficient (Wildman–Crippen LogP) is 3.48. The third kappa shape index (κ3) is 4.30. The lowest BCUT2D eigenvalue weighted by Crippen LogP contribution is -2.48. The number of nitrogens with zero attached hydrogens (tertiary/aromatic N) is 3. The minimum Gasteiger partial charge on any atom is -0.347 e. The number of hydrogen-bond acceptors (Lipinski definition) is 5. The second-order valence-electron chi connectivity index (χ2n) is 8.45. The zero-order valence-electron chi connectivity index (χ0n) is 17.7. The van der Waals surface area contributed by atoms with Gasteiger partial charge in [-0.05, 0) is 35.4 Å². The SMILES string of the molecule is O=C(CN1CCC2(CC1)OCCO2)N1N=C(c2ccc(F)cc2)C[C@@H]1c1ccc(F)cc1. The number of likely N-dealkylation sites (tertiary alicyclic amines) is 1. The number of carbonyl (C=O) groups is 1. The minimum absolute atomic E-state index is 0.124. The van der Waals surface area contributed by atoms with E-state index in [1.165, 1.54) is 29.3 Å². The molecule has 0 N–H and O–H groups in total. The molecule has 3 aliphatic rings. The highest BCUT2D eigenvalue weighted by molar-refractivity contribution is 6.03. The third-order valence-electron chi connectivity index (χ3n) is 6.39. The normalized spacial score (nSPS) is 23.0. The molecule has 6 nitrogen and oxygen atoms in total. The Morgan fingerprint density at radius 1 is 0.969 bits per heavy atom. The van der Waals surface area contributed by atoms with E-state index in [0.717, 1.165) is 24.0 Å². The quantitative estimate of drug-likeness (QED) is 0.729. The van der Waals surface area contributed by atoms with Crippen LogP contribution in [0.25, 0.3) is 0 Å². The van der Waals surface area contributed by atoms with Crippen LogP contribution in [0.3, 0.4) is 0 Å². The Kier molecular flexibility index (Phi) is 5.75. The average Bonchev–Trinajstić information content (AvgIpc) is 3.45. The zero-order chi connectivity index (χ0) is 22.1. The molecule has 0 aliphatic carbocycles. The maximum Gasteiger partial charge on any atom is 0.257 e. The largest absolute Gasteiger partial charge is 0.347 e. The molecular weight excluding hydrogens is 416 g/mol. The second kappa shape index (κ2) is 8.69. The van der Waals surface area contributed by atoms with E-state index in [2.05, 4.69) is 10.0 Å². The standard InChI is InChI=1S/C24H25F2N3O3/c25-19-5-1-17(2-6-19)21-15-22(18-3-7-20(26)8-4-18)29(27-21)23(30)16-28-11-9-24(10-12-28)31-13-14-32-24/h1-8,22H,9-16H2/t22-/m1/s1. The Hall–Kier alpha value is -2.68. The number of rotatable bonds is 4. The van der Waals surface area contributed by atoms with Gasteiger partial charge in [-0.25, -0.2) is 13.8 Å². The van der Waals surface area contributed by atoms with Gasteiger partial charge in [0.25, 0.3) is 5.91 Å². The van der Waals surface area contributed by atoms with E-state index in [1.54, 1.807) is 24.3 Å². The fourth-order valence-corrected chi connectivity index (χ4v) is 4.60. The Morgan fingerprint density at radius 3 is 2.19 bits per heavy atom. The molecule has 0 aromatic heterocycles. The molecule has 168 valence electrons. The number of carbonyl (C=O) groups excluding carboxylic acids is 1. The summed E-state index contributed by atoms with van der Waals surface area (Å²) in [5.74, 6) is -1.27. The molecule has 2 aromatic rings. The summed E-state index contributed by atoms with van der Waals surface area (Å²) in [7, 11) is 0. The minimum atomic E-state index is -0.488. The number of piperidine rings is 1. The lowest BCUT2D eigenvalue weighted by Gasteiger charge is -2.37. The van der Waals surface area contributed by atoms with Gasteiger partial charge < -0.3 is 9.47 Å². The van der Waals surface area contributed by atoms with Crippen LogP contribution in [0.5, 0.6) is 0 Å². The van der Waals surface area contributed by atoms with Gasteiger partial charge in [0.05, 0.1) is 31.5 Å². The monoisotopic (exact) mass is 441 g/mol. The molecular formula is C24H25F2N3O3. The number of hydrogen-bond donors (Lipinski definition) is 0. The maximum absolute atomic E-state index is 13.5. The van der Waals surface area contributed by atoms with Crippen molar-refractivity contribution in [2.45, 2.75) is 31.1 Å². The van der Waals surface area contributed by atoms with E-state index in [9.17, 15) is 13.6 Å². The smallest absolute Gasteiger partial charge is 0.257 e. The van der Waals surface area contributed by atoms with Gasteiger partial charge in [0, 0.05) is 32.4 Å². The van der Waals surface area contributed by atoms with Crippen molar-refractivity contribution in [3.05, 3.63) is 71.3 Å². The highest BCUT2D eigenvalue weighted by atomic mass is 19.1. The number of halogens is 2. The number of amides is 1. The highest BCUT2D eigenvalue weighted by Gasteiger charge is 2.41. The van der Waals surface area contributed by atoms with E-state index in [-0.39, 0.29) is 30.1 Å². The molecule has 0 bridgehead atoms. The fraction of sp³-hybridized carbons (Fsp3) is 0.417. The van der Waals surface area contributed by atoms with Gasteiger partial charge in [0.1, 0.15) is 11.6 Å². The molecule has 3 heterocycles. The zero-order valence-corrected chi connectivity index (χ0v) is 17.7. The van der Waals surface area contributed by atoms with Crippen molar-refractivity contribution in [1.29, 1.82) is 0 Å².